The Bertz CT molecular complexity index is 2170. The summed E-state index contributed by atoms with van der Waals surface area (Å²) in [6.45, 7) is 0.337. The van der Waals surface area contributed by atoms with E-state index in [4.69, 9.17) is 14.2 Å². The lowest BCUT2D eigenvalue weighted by Gasteiger charge is -2.35. The van der Waals surface area contributed by atoms with Crippen LogP contribution in [0.25, 0.3) is 0 Å². The molecule has 4 aromatic rings. The van der Waals surface area contributed by atoms with Gasteiger partial charge in [-0.2, -0.15) is 4.31 Å². The predicted octanol–water partition coefficient (Wildman–Crippen LogP) is 7.25. The smallest absolute Gasteiger partial charge is 0.337 e. The number of hydrogen-bond donors (Lipinski definition) is 1. The van der Waals surface area contributed by atoms with Crippen molar-refractivity contribution in [2.24, 2.45) is 5.92 Å². The molecular weight excluding hydrogens is 765 g/mol. The summed E-state index contributed by atoms with van der Waals surface area (Å²) >= 11 is 1.50. The lowest BCUT2D eigenvalue weighted by molar-refractivity contribution is -0.146. The monoisotopic (exact) mass is 814 g/mol. The summed E-state index contributed by atoms with van der Waals surface area (Å²) < 4.78 is 44.7. The molecule has 1 aromatic heterocycles. The third-order valence-corrected chi connectivity index (χ3v) is 14.2. The highest BCUT2D eigenvalue weighted by molar-refractivity contribution is 7.89. The van der Waals surface area contributed by atoms with Crippen LogP contribution in [0.4, 0.5) is 5.69 Å². The van der Waals surface area contributed by atoms with Gasteiger partial charge in [-0.15, -0.1) is 11.3 Å². The molecule has 302 valence electrons. The molecule has 2 aliphatic carbocycles. The van der Waals surface area contributed by atoms with E-state index in [-0.39, 0.29) is 65.6 Å². The molecule has 0 radical (unpaired) electrons. The second-order valence-electron chi connectivity index (χ2n) is 14.6. The van der Waals surface area contributed by atoms with E-state index in [0.717, 1.165) is 60.1 Å². The van der Waals surface area contributed by atoms with Crippen molar-refractivity contribution in [3.05, 3.63) is 116 Å². The van der Waals surface area contributed by atoms with Gasteiger partial charge in [-0.25, -0.2) is 13.2 Å². The van der Waals surface area contributed by atoms with Crippen molar-refractivity contribution in [3.8, 4) is 0 Å². The van der Waals surface area contributed by atoms with Gasteiger partial charge in [0.2, 0.25) is 10.0 Å². The van der Waals surface area contributed by atoms with Crippen molar-refractivity contribution < 1.29 is 41.8 Å². The Kier molecular flexibility index (Phi) is 14.1. The first-order valence-corrected chi connectivity index (χ1v) is 21.7. The van der Waals surface area contributed by atoms with Crippen LogP contribution in [0, 0.1) is 5.92 Å². The molecule has 1 N–H and O–H groups in total. The van der Waals surface area contributed by atoms with Crippen LogP contribution in [-0.2, 0) is 61.1 Å². The number of ketones is 1. The quantitative estimate of drug-likeness (QED) is 0.0914. The fourth-order valence-electron chi connectivity index (χ4n) is 7.83. The third-order valence-electron chi connectivity index (χ3n) is 11.0. The highest BCUT2D eigenvalue weighted by Gasteiger charge is 2.36. The van der Waals surface area contributed by atoms with Gasteiger partial charge < -0.3 is 19.5 Å². The Morgan fingerprint density at radius 1 is 0.807 bits per heavy atom. The summed E-state index contributed by atoms with van der Waals surface area (Å²) in [4.78, 5) is 53.6. The van der Waals surface area contributed by atoms with Crippen molar-refractivity contribution >= 4 is 50.7 Å². The van der Waals surface area contributed by atoms with E-state index in [9.17, 15) is 27.6 Å². The molecule has 11 nitrogen and oxygen atoms in total. The summed E-state index contributed by atoms with van der Waals surface area (Å²) in [5, 5.41) is 3.06. The Morgan fingerprint density at radius 2 is 1.47 bits per heavy atom. The standard InChI is InChI=1S/C44H50N2O9S2/c1-53-26-25-46(35-23-19-32(20-24-35)44(50)55-3)57(51,52)36-8-6-7-33(27-36)38(47)28-40-41(37-9-4-5-10-39(37)56-40)42(48)45-34-21-15-30(16-22-34)12-11-29-13-17-31(18-14-29)43(49)54-2/h6-8,13-18,21-22,27,32,35H,4-5,9-12,19-20,23-26,28H2,1-3H3,(H,45,48). The van der Waals surface area contributed by atoms with Crippen LogP contribution in [0.1, 0.15) is 96.0 Å². The summed E-state index contributed by atoms with van der Waals surface area (Å²) in [6.07, 6.45) is 7.18. The number of aryl methyl sites for hydroxylation is 3. The minimum Gasteiger partial charge on any atom is -0.469 e. The number of sulfonamides is 1. The molecule has 0 bridgehead atoms. The molecule has 0 saturated heterocycles. The molecular formula is C44H50N2O9S2. The summed E-state index contributed by atoms with van der Waals surface area (Å²) in [5.41, 5.74) is 5.14. The van der Waals surface area contributed by atoms with Crippen LogP contribution in [0.3, 0.4) is 0 Å². The first-order chi connectivity index (χ1) is 27.5. The number of esters is 2. The number of methoxy groups -OCH3 is 3. The fourth-order valence-corrected chi connectivity index (χ4v) is 10.9. The molecule has 1 fully saturated rings. The average Bonchev–Trinajstić information content (AvgIpc) is 3.61. The number of carbonyl (C=O) groups is 4. The third kappa shape index (κ3) is 10.1. The number of nitrogens with zero attached hydrogens (tertiary/aromatic N) is 1. The molecule has 1 heterocycles. The lowest BCUT2D eigenvalue weighted by Crippen LogP contribution is -2.44. The number of ether oxygens (including phenoxy) is 3. The highest BCUT2D eigenvalue weighted by atomic mass is 32.2. The van der Waals surface area contributed by atoms with Crippen molar-refractivity contribution in [3.63, 3.8) is 0 Å². The first kappa shape index (κ1) is 41.9. The van der Waals surface area contributed by atoms with Gasteiger partial charge in [0.05, 0.1) is 42.8 Å². The van der Waals surface area contributed by atoms with Gasteiger partial charge in [-0.05, 0) is 117 Å². The molecule has 1 amide bonds. The number of benzene rings is 3. The van der Waals surface area contributed by atoms with Crippen LogP contribution >= 0.6 is 11.3 Å². The van der Waals surface area contributed by atoms with Crippen LogP contribution in [0.15, 0.2) is 77.7 Å². The van der Waals surface area contributed by atoms with Crippen molar-refractivity contribution in [1.82, 2.24) is 4.31 Å². The van der Waals surface area contributed by atoms with Gasteiger partial charge >= 0.3 is 11.9 Å². The molecule has 2 aliphatic rings. The largest absolute Gasteiger partial charge is 0.469 e. The number of amides is 1. The zero-order valence-electron chi connectivity index (χ0n) is 32.7. The number of rotatable bonds is 16. The molecule has 3 aromatic carbocycles. The molecule has 0 spiro atoms. The van der Waals surface area contributed by atoms with Crippen LogP contribution in [0.5, 0.6) is 0 Å². The summed E-state index contributed by atoms with van der Waals surface area (Å²) in [6, 6.07) is 20.9. The summed E-state index contributed by atoms with van der Waals surface area (Å²) in [7, 11) is 0.220. The van der Waals surface area contributed by atoms with Gasteiger partial charge in [0.15, 0.2) is 5.78 Å². The fraction of sp³-hybridized carbons (Fsp3) is 0.409. The van der Waals surface area contributed by atoms with Gasteiger partial charge in [-0.3, -0.25) is 14.4 Å². The Balaban J connectivity index is 1.15. The number of thiophene rings is 1. The second kappa shape index (κ2) is 19.2. The van der Waals surface area contributed by atoms with E-state index in [1.165, 1.54) is 49.1 Å². The maximum atomic E-state index is 14.2. The van der Waals surface area contributed by atoms with Gasteiger partial charge in [0, 0.05) is 47.1 Å². The number of hydrogen-bond acceptors (Lipinski definition) is 10. The predicted molar refractivity (Wildman–Crippen MR) is 219 cm³/mol. The van der Waals surface area contributed by atoms with Crippen LogP contribution in [-0.4, -0.2) is 76.9 Å². The zero-order chi connectivity index (χ0) is 40.5. The Morgan fingerprint density at radius 3 is 2.12 bits per heavy atom. The Hall–Kier alpha value is -4.69. The maximum Gasteiger partial charge on any atom is 0.337 e. The van der Waals surface area contributed by atoms with E-state index in [0.29, 0.717) is 47.4 Å². The SMILES string of the molecule is COCCN(C1CCC(C(=O)OC)CC1)S(=O)(=O)c1cccc(C(=O)Cc2sc3c(c2C(=O)Nc2ccc(CCc4ccc(C(=O)OC)cc4)cc2)CCCC3)c1. The summed E-state index contributed by atoms with van der Waals surface area (Å²) in [5.74, 6) is -1.43. The Labute approximate surface area is 338 Å². The number of anilines is 1. The van der Waals surface area contributed by atoms with Crippen molar-refractivity contribution in [2.45, 2.75) is 81.6 Å². The molecule has 57 heavy (non-hydrogen) atoms. The zero-order valence-corrected chi connectivity index (χ0v) is 34.3. The second-order valence-corrected chi connectivity index (χ2v) is 17.7. The minimum atomic E-state index is -4.02. The average molecular weight is 815 g/mol. The molecule has 0 aliphatic heterocycles. The van der Waals surface area contributed by atoms with Gasteiger partial charge in [0.25, 0.3) is 5.91 Å². The van der Waals surface area contributed by atoms with E-state index < -0.39 is 10.0 Å². The normalized spacial score (nSPS) is 16.8. The highest BCUT2D eigenvalue weighted by Crippen LogP contribution is 2.37. The number of Topliss-reactive ketones (excluding diaryl/α,β-unsaturated/α-hetero) is 1. The number of nitrogens with one attached hydrogen (secondary N) is 1. The molecule has 0 atom stereocenters. The van der Waals surface area contributed by atoms with Crippen molar-refractivity contribution in [2.75, 3.05) is 39.8 Å². The minimum absolute atomic E-state index is 0.0166. The van der Waals surface area contributed by atoms with E-state index in [1.54, 1.807) is 24.3 Å². The van der Waals surface area contributed by atoms with Gasteiger partial charge in [-0.1, -0.05) is 36.4 Å². The lowest BCUT2D eigenvalue weighted by atomic mass is 9.86. The van der Waals surface area contributed by atoms with Crippen molar-refractivity contribution in [1.29, 1.82) is 0 Å². The molecule has 13 heteroatoms. The van der Waals surface area contributed by atoms with Gasteiger partial charge in [0.1, 0.15) is 0 Å². The van der Waals surface area contributed by atoms with Crippen LogP contribution in [0.2, 0.25) is 0 Å². The molecule has 6 rings (SSSR count). The molecule has 1 saturated carbocycles. The molecule has 0 unspecified atom stereocenters. The van der Waals surface area contributed by atoms with Crippen LogP contribution < -0.4 is 5.32 Å². The first-order valence-electron chi connectivity index (χ1n) is 19.4. The number of carbonyl (C=O) groups excluding carboxylic acids is 4. The number of fused-ring (bicyclic) bond motifs is 1. The van der Waals surface area contributed by atoms with E-state index >= 15 is 0 Å². The van der Waals surface area contributed by atoms with E-state index in [1.807, 2.05) is 36.4 Å². The maximum absolute atomic E-state index is 14.2. The van der Waals surface area contributed by atoms with E-state index in [2.05, 4.69) is 5.32 Å². The topological polar surface area (TPSA) is 145 Å².